The molecule has 0 N–H and O–H groups in total. The molecule has 3 aromatic heterocycles. The first-order valence-electron chi connectivity index (χ1n) is 21.7. The van der Waals surface area contributed by atoms with Crippen molar-refractivity contribution in [2.75, 3.05) is 4.90 Å². The number of rotatable bonds is 7. The molecular weight excluding hydrogens is 813 g/mol. The number of thiophene rings is 2. The molecule has 300 valence electrons. The van der Waals surface area contributed by atoms with Crippen LogP contribution in [0.15, 0.2) is 231 Å². The summed E-state index contributed by atoms with van der Waals surface area (Å²) in [5, 5.41) is 7.76. The molecule has 13 aromatic rings. The highest BCUT2D eigenvalue weighted by Gasteiger charge is 2.22. The van der Waals surface area contributed by atoms with Crippen LogP contribution in [0.25, 0.3) is 101 Å². The van der Waals surface area contributed by atoms with Crippen LogP contribution in [0.2, 0.25) is 0 Å². The van der Waals surface area contributed by atoms with Gasteiger partial charge in [0.25, 0.3) is 0 Å². The third kappa shape index (κ3) is 5.91. The minimum absolute atomic E-state index is 1.10. The molecule has 3 heterocycles. The summed E-state index contributed by atoms with van der Waals surface area (Å²) >= 11 is 3.77. The van der Waals surface area contributed by atoms with E-state index in [1.54, 1.807) is 0 Å². The summed E-state index contributed by atoms with van der Waals surface area (Å²) in [4.78, 5) is 2.43. The van der Waals surface area contributed by atoms with Crippen molar-refractivity contribution in [3.8, 4) is 39.1 Å². The van der Waals surface area contributed by atoms with Crippen LogP contribution < -0.4 is 4.90 Å². The molecular formula is C60H38N2S2. The molecule has 0 amide bonds. The summed E-state index contributed by atoms with van der Waals surface area (Å²) in [5.74, 6) is 0. The number of benzene rings is 10. The molecule has 13 rings (SSSR count). The molecule has 0 radical (unpaired) electrons. The maximum absolute atomic E-state index is 2.44. The molecule has 0 fully saturated rings. The third-order valence-corrected chi connectivity index (χ3v) is 15.3. The molecule has 0 atom stereocenters. The van der Waals surface area contributed by atoms with Crippen LogP contribution in [0.3, 0.4) is 0 Å². The SMILES string of the molecule is c1ccc(N(c2ccc(-c3ccc(-n4c5ccccc5c5ccccc54)cc3)cc2)c2ccc(-c3cccc4c3sc3ccccc34)cc2-c2cccc3c2sc2ccccc23)cc1. The molecule has 0 saturated carbocycles. The Labute approximate surface area is 378 Å². The number of para-hydroxylation sites is 3. The van der Waals surface area contributed by atoms with Crippen LogP contribution in [0.5, 0.6) is 0 Å². The predicted octanol–water partition coefficient (Wildman–Crippen LogP) is 18.0. The minimum Gasteiger partial charge on any atom is -0.310 e. The van der Waals surface area contributed by atoms with E-state index in [1.165, 1.54) is 95.5 Å². The maximum Gasteiger partial charge on any atom is 0.0541 e. The lowest BCUT2D eigenvalue weighted by Crippen LogP contribution is -2.11. The summed E-state index contributed by atoms with van der Waals surface area (Å²) in [7, 11) is 0. The molecule has 2 nitrogen and oxygen atoms in total. The molecule has 0 aliphatic rings. The van der Waals surface area contributed by atoms with E-state index in [-0.39, 0.29) is 0 Å². The first-order valence-corrected chi connectivity index (χ1v) is 23.4. The van der Waals surface area contributed by atoms with E-state index in [9.17, 15) is 0 Å². The molecule has 0 aliphatic heterocycles. The van der Waals surface area contributed by atoms with E-state index in [4.69, 9.17) is 0 Å². The number of hydrogen-bond acceptors (Lipinski definition) is 3. The largest absolute Gasteiger partial charge is 0.310 e. The van der Waals surface area contributed by atoms with Crippen LogP contribution in [0.4, 0.5) is 17.1 Å². The second kappa shape index (κ2) is 15.0. The lowest BCUT2D eigenvalue weighted by atomic mass is 9.94. The Morgan fingerprint density at radius 1 is 0.312 bits per heavy atom. The number of aromatic nitrogens is 1. The quantitative estimate of drug-likeness (QED) is 0.155. The molecule has 64 heavy (non-hydrogen) atoms. The van der Waals surface area contributed by atoms with Crippen molar-refractivity contribution in [1.82, 2.24) is 4.57 Å². The standard InChI is InChI=1S/C60H38N2S2/c1-2-14-42(15-3-1)61(43-33-28-39(29-34-43)40-30-35-44(36-31-40)62-54-24-8-4-16-46(54)47-17-5-9-25-55(47)62)56-37-32-41(45-20-12-21-50-48-18-6-10-26-57(48)63-59(45)50)38-53(56)52-23-13-22-51-49-19-7-11-27-58(49)64-60(51)52/h1-38H. The van der Waals surface area contributed by atoms with Crippen LogP contribution in [0.1, 0.15) is 0 Å². The summed E-state index contributed by atoms with van der Waals surface area (Å²) in [6.45, 7) is 0. The first-order chi connectivity index (χ1) is 31.7. The summed E-state index contributed by atoms with van der Waals surface area (Å²) in [6.07, 6.45) is 0. The Hall–Kier alpha value is -7.76. The Balaban J connectivity index is 0.956. The Kier molecular flexibility index (Phi) is 8.61. The van der Waals surface area contributed by atoms with E-state index >= 15 is 0 Å². The number of fused-ring (bicyclic) bond motifs is 9. The number of nitrogens with zero attached hydrogens (tertiary/aromatic N) is 2. The summed E-state index contributed by atoms with van der Waals surface area (Å²) < 4.78 is 7.61. The van der Waals surface area contributed by atoms with Gasteiger partial charge in [-0.05, 0) is 95.1 Å². The summed E-state index contributed by atoms with van der Waals surface area (Å²) in [6, 6.07) is 84.6. The van der Waals surface area contributed by atoms with Crippen LogP contribution in [-0.4, -0.2) is 4.57 Å². The summed E-state index contributed by atoms with van der Waals surface area (Å²) in [5.41, 5.74) is 14.2. The van der Waals surface area contributed by atoms with Gasteiger partial charge in [0, 0.05) is 79.3 Å². The van der Waals surface area contributed by atoms with Crippen LogP contribution in [0, 0.1) is 0 Å². The van der Waals surface area contributed by atoms with Gasteiger partial charge in [-0.15, -0.1) is 22.7 Å². The van der Waals surface area contributed by atoms with Crippen molar-refractivity contribution in [3.05, 3.63) is 231 Å². The van der Waals surface area contributed by atoms with Gasteiger partial charge < -0.3 is 9.47 Å². The second-order valence-corrected chi connectivity index (χ2v) is 18.5. The van der Waals surface area contributed by atoms with Crippen LogP contribution >= 0.6 is 22.7 Å². The second-order valence-electron chi connectivity index (χ2n) is 16.4. The van der Waals surface area contributed by atoms with Gasteiger partial charge in [-0.3, -0.25) is 0 Å². The zero-order valence-electron chi connectivity index (χ0n) is 34.7. The molecule has 0 saturated heterocycles. The maximum atomic E-state index is 2.44. The monoisotopic (exact) mass is 850 g/mol. The fourth-order valence-electron chi connectivity index (χ4n) is 9.86. The topological polar surface area (TPSA) is 8.17 Å². The van der Waals surface area contributed by atoms with E-state index in [1.807, 2.05) is 22.7 Å². The smallest absolute Gasteiger partial charge is 0.0541 e. The lowest BCUT2D eigenvalue weighted by molar-refractivity contribution is 1.18. The van der Waals surface area contributed by atoms with E-state index in [0.717, 1.165) is 22.7 Å². The average Bonchev–Trinajstić information content (AvgIpc) is 4.05. The molecule has 0 unspecified atom stereocenters. The van der Waals surface area contributed by atoms with E-state index in [2.05, 4.69) is 240 Å². The average molecular weight is 851 g/mol. The van der Waals surface area contributed by atoms with Gasteiger partial charge in [0.05, 0.1) is 16.7 Å². The zero-order chi connectivity index (χ0) is 42.1. The normalized spacial score (nSPS) is 11.8. The van der Waals surface area contributed by atoms with Crippen molar-refractivity contribution in [2.45, 2.75) is 0 Å². The van der Waals surface area contributed by atoms with Crippen LogP contribution in [-0.2, 0) is 0 Å². The molecule has 0 bridgehead atoms. The van der Waals surface area contributed by atoms with Gasteiger partial charge in [-0.25, -0.2) is 0 Å². The fourth-order valence-corrected chi connectivity index (χ4v) is 12.3. The van der Waals surface area contributed by atoms with Gasteiger partial charge >= 0.3 is 0 Å². The molecule has 4 heteroatoms. The lowest BCUT2D eigenvalue weighted by Gasteiger charge is -2.28. The highest BCUT2D eigenvalue weighted by atomic mass is 32.1. The Morgan fingerprint density at radius 2 is 0.781 bits per heavy atom. The van der Waals surface area contributed by atoms with Gasteiger partial charge in [0.15, 0.2) is 0 Å². The highest BCUT2D eigenvalue weighted by Crippen LogP contribution is 2.49. The predicted molar refractivity (Wildman–Crippen MR) is 278 cm³/mol. The number of anilines is 3. The van der Waals surface area contributed by atoms with Crippen molar-refractivity contribution in [1.29, 1.82) is 0 Å². The fraction of sp³-hybridized carbons (Fsp3) is 0. The van der Waals surface area contributed by atoms with E-state index < -0.39 is 0 Å². The Morgan fingerprint density at radius 3 is 1.41 bits per heavy atom. The number of hydrogen-bond donors (Lipinski definition) is 0. The molecule has 0 spiro atoms. The first kappa shape index (κ1) is 36.9. The van der Waals surface area contributed by atoms with Gasteiger partial charge in [0.1, 0.15) is 0 Å². The van der Waals surface area contributed by atoms with Gasteiger partial charge in [0.2, 0.25) is 0 Å². The Bertz CT molecular complexity index is 3840. The zero-order valence-corrected chi connectivity index (χ0v) is 36.3. The van der Waals surface area contributed by atoms with Crippen molar-refractivity contribution in [2.24, 2.45) is 0 Å². The van der Waals surface area contributed by atoms with Gasteiger partial charge in [-0.2, -0.15) is 0 Å². The van der Waals surface area contributed by atoms with E-state index in [0.29, 0.717) is 0 Å². The minimum atomic E-state index is 1.10. The van der Waals surface area contributed by atoms with Crippen molar-refractivity contribution < 1.29 is 0 Å². The molecule has 10 aromatic carbocycles. The third-order valence-electron chi connectivity index (χ3n) is 12.8. The van der Waals surface area contributed by atoms with Crippen molar-refractivity contribution >= 4 is 102 Å². The highest BCUT2D eigenvalue weighted by molar-refractivity contribution is 7.26. The van der Waals surface area contributed by atoms with Gasteiger partial charge in [-0.1, -0.05) is 158 Å². The molecule has 0 aliphatic carbocycles. The van der Waals surface area contributed by atoms with Crippen molar-refractivity contribution in [3.63, 3.8) is 0 Å².